The lowest BCUT2D eigenvalue weighted by Gasteiger charge is -2.19. The van der Waals surface area contributed by atoms with Gasteiger partial charge in [0.1, 0.15) is 6.10 Å². The Bertz CT molecular complexity index is 698. The number of aliphatic hydroxyl groups is 1. The number of hydrogen-bond acceptors (Lipinski definition) is 6. The van der Waals surface area contributed by atoms with Crippen LogP contribution in [0.3, 0.4) is 0 Å². The molecule has 1 atom stereocenters. The molecule has 1 aliphatic heterocycles. The van der Waals surface area contributed by atoms with E-state index in [9.17, 15) is 9.90 Å². The molecule has 3 rings (SSSR count). The fourth-order valence-electron chi connectivity index (χ4n) is 2.37. The van der Waals surface area contributed by atoms with Gasteiger partial charge >= 0.3 is 6.09 Å². The number of hydrogen-bond donors (Lipinski definition) is 1. The van der Waals surface area contributed by atoms with Crippen LogP contribution in [0.1, 0.15) is 0 Å². The summed E-state index contributed by atoms with van der Waals surface area (Å²) in [6, 6.07) is 7.20. The van der Waals surface area contributed by atoms with Crippen LogP contribution in [0.15, 0.2) is 49.1 Å². The van der Waals surface area contributed by atoms with Crippen molar-refractivity contribution in [2.24, 2.45) is 0 Å². The van der Waals surface area contributed by atoms with Gasteiger partial charge in [0.15, 0.2) is 5.88 Å². The maximum absolute atomic E-state index is 12.0. The van der Waals surface area contributed by atoms with E-state index in [1.165, 1.54) is 0 Å². The Kier molecular flexibility index (Phi) is 3.88. The summed E-state index contributed by atoms with van der Waals surface area (Å²) >= 11 is 0. The number of anilines is 2. The van der Waals surface area contributed by atoms with Crippen molar-refractivity contribution in [3.63, 3.8) is 0 Å². The van der Waals surface area contributed by atoms with E-state index < -0.39 is 0 Å². The lowest BCUT2D eigenvalue weighted by Crippen LogP contribution is -2.26. The van der Waals surface area contributed by atoms with Crippen LogP contribution in [0.25, 0.3) is 0 Å². The highest BCUT2D eigenvalue weighted by Crippen LogP contribution is 2.25. The van der Waals surface area contributed by atoms with Crippen LogP contribution in [0.4, 0.5) is 16.2 Å². The summed E-state index contributed by atoms with van der Waals surface area (Å²) in [5.74, 6) is -0.0498. The lowest BCUT2D eigenvalue weighted by molar-refractivity contribution is 0.129. The molecule has 1 aliphatic rings. The summed E-state index contributed by atoms with van der Waals surface area (Å²) in [6.07, 6.45) is 2.65. The third-order valence-electron chi connectivity index (χ3n) is 3.67. The van der Waals surface area contributed by atoms with Crippen LogP contribution in [0, 0.1) is 0 Å². The summed E-state index contributed by atoms with van der Waals surface area (Å²) < 4.78 is 6.98. The molecule has 1 saturated heterocycles. The summed E-state index contributed by atoms with van der Waals surface area (Å²) in [6.45, 7) is 4.38. The Balaban J connectivity index is 1.69. The number of carbonyl (C=O) groups is 1. The molecule has 8 heteroatoms. The number of aliphatic hydroxyl groups excluding tert-OH is 1. The summed E-state index contributed by atoms with van der Waals surface area (Å²) in [5, 5.41) is 17.0. The molecule has 0 bridgehead atoms. The van der Waals surface area contributed by atoms with Crippen molar-refractivity contribution in [2.75, 3.05) is 23.4 Å². The SMILES string of the molecule is C=C(O)N(C)c1ccc(N2C[C@H](Cn3ccnn3)OC2=O)cc1. The minimum absolute atomic E-state index is 0.0498. The van der Waals surface area contributed by atoms with Gasteiger partial charge in [0, 0.05) is 24.6 Å². The van der Waals surface area contributed by atoms with Crippen molar-refractivity contribution in [3.8, 4) is 0 Å². The van der Waals surface area contributed by atoms with E-state index in [0.717, 1.165) is 11.4 Å². The topological polar surface area (TPSA) is 83.7 Å². The molecule has 2 heterocycles. The number of ether oxygens (including phenoxy) is 1. The minimum atomic E-state index is -0.386. The zero-order chi connectivity index (χ0) is 16.4. The van der Waals surface area contributed by atoms with E-state index >= 15 is 0 Å². The maximum atomic E-state index is 12.0. The second-order valence-corrected chi connectivity index (χ2v) is 5.23. The maximum Gasteiger partial charge on any atom is 0.414 e. The van der Waals surface area contributed by atoms with Gasteiger partial charge in [-0.15, -0.1) is 5.10 Å². The third-order valence-corrected chi connectivity index (χ3v) is 3.67. The molecule has 1 aromatic carbocycles. The number of amides is 1. The monoisotopic (exact) mass is 315 g/mol. The standard InChI is InChI=1S/C15H17N5O3/c1-11(21)18(2)12-3-5-13(6-4-12)20-10-14(23-15(20)22)9-19-8-7-16-17-19/h3-8,14,21H,1,9-10H2,2H3/t14-/m0/s1. The highest BCUT2D eigenvalue weighted by Gasteiger charge is 2.32. The Labute approximate surface area is 133 Å². The normalized spacial score (nSPS) is 17.2. The second kappa shape index (κ2) is 5.99. The molecular weight excluding hydrogens is 298 g/mol. The predicted octanol–water partition coefficient (Wildman–Crippen LogP) is 1.77. The molecule has 8 nitrogen and oxygen atoms in total. The van der Waals surface area contributed by atoms with Gasteiger partial charge < -0.3 is 14.7 Å². The van der Waals surface area contributed by atoms with E-state index in [2.05, 4.69) is 16.9 Å². The molecule has 120 valence electrons. The average Bonchev–Trinajstić information content (AvgIpc) is 3.17. The number of cyclic esters (lactones) is 1. The number of benzene rings is 1. The number of nitrogens with zero attached hydrogens (tertiary/aromatic N) is 5. The fourth-order valence-corrected chi connectivity index (χ4v) is 2.37. The van der Waals surface area contributed by atoms with Gasteiger partial charge in [-0.3, -0.25) is 4.90 Å². The lowest BCUT2D eigenvalue weighted by atomic mass is 10.2. The van der Waals surface area contributed by atoms with Gasteiger partial charge in [-0.05, 0) is 30.8 Å². The first-order valence-electron chi connectivity index (χ1n) is 7.08. The van der Waals surface area contributed by atoms with Crippen LogP contribution < -0.4 is 9.80 Å². The molecule has 1 N–H and O–H groups in total. The molecule has 1 fully saturated rings. The highest BCUT2D eigenvalue weighted by atomic mass is 16.6. The number of aromatic nitrogens is 3. The Morgan fingerprint density at radius 3 is 2.83 bits per heavy atom. The molecule has 1 aromatic heterocycles. The first-order valence-corrected chi connectivity index (χ1v) is 7.08. The first-order chi connectivity index (χ1) is 11.0. The second-order valence-electron chi connectivity index (χ2n) is 5.23. The van der Waals surface area contributed by atoms with E-state index in [1.54, 1.807) is 58.2 Å². The summed E-state index contributed by atoms with van der Waals surface area (Å²) in [4.78, 5) is 15.1. The highest BCUT2D eigenvalue weighted by molar-refractivity contribution is 5.90. The Hall–Kier alpha value is -3.03. The largest absolute Gasteiger partial charge is 0.495 e. The number of carbonyl (C=O) groups excluding carboxylic acids is 1. The van der Waals surface area contributed by atoms with Crippen LogP contribution in [0.5, 0.6) is 0 Å². The van der Waals surface area contributed by atoms with E-state index in [4.69, 9.17) is 4.74 Å². The molecular formula is C15H17N5O3. The van der Waals surface area contributed by atoms with Gasteiger partial charge in [-0.2, -0.15) is 0 Å². The zero-order valence-electron chi connectivity index (χ0n) is 12.7. The third kappa shape index (κ3) is 3.10. The van der Waals surface area contributed by atoms with Crippen molar-refractivity contribution in [1.29, 1.82) is 0 Å². The van der Waals surface area contributed by atoms with Gasteiger partial charge in [-0.1, -0.05) is 5.21 Å². The van der Waals surface area contributed by atoms with Crippen LogP contribution in [0.2, 0.25) is 0 Å². The van der Waals surface area contributed by atoms with E-state index in [1.807, 2.05) is 0 Å². The molecule has 1 amide bonds. The molecule has 0 radical (unpaired) electrons. The van der Waals surface area contributed by atoms with Crippen LogP contribution >= 0.6 is 0 Å². The van der Waals surface area contributed by atoms with Gasteiger partial charge in [0.05, 0.1) is 19.3 Å². The molecule has 0 saturated carbocycles. The predicted molar refractivity (Wildman–Crippen MR) is 84.3 cm³/mol. The van der Waals surface area contributed by atoms with Gasteiger partial charge in [0.25, 0.3) is 0 Å². The van der Waals surface area contributed by atoms with E-state index in [-0.39, 0.29) is 18.1 Å². The van der Waals surface area contributed by atoms with Crippen LogP contribution in [-0.2, 0) is 11.3 Å². The minimum Gasteiger partial charge on any atom is -0.495 e. The van der Waals surface area contributed by atoms with Crippen LogP contribution in [-0.4, -0.2) is 45.9 Å². The molecule has 0 unspecified atom stereocenters. The van der Waals surface area contributed by atoms with Crippen molar-refractivity contribution in [2.45, 2.75) is 12.6 Å². The quantitative estimate of drug-likeness (QED) is 0.847. The van der Waals surface area contributed by atoms with Crippen molar-refractivity contribution in [1.82, 2.24) is 15.0 Å². The Morgan fingerprint density at radius 1 is 1.48 bits per heavy atom. The molecule has 23 heavy (non-hydrogen) atoms. The van der Waals surface area contributed by atoms with Gasteiger partial charge in [0.2, 0.25) is 0 Å². The first kappa shape index (κ1) is 14.9. The Morgan fingerprint density at radius 2 is 2.22 bits per heavy atom. The summed E-state index contributed by atoms with van der Waals surface area (Å²) in [5.41, 5.74) is 1.50. The van der Waals surface area contributed by atoms with E-state index in [0.29, 0.717) is 13.1 Å². The van der Waals surface area contributed by atoms with Gasteiger partial charge in [-0.25, -0.2) is 9.48 Å². The van der Waals surface area contributed by atoms with Crippen molar-refractivity contribution in [3.05, 3.63) is 49.1 Å². The van der Waals surface area contributed by atoms with Crippen molar-refractivity contribution >= 4 is 17.5 Å². The average molecular weight is 315 g/mol. The molecule has 0 spiro atoms. The zero-order valence-corrected chi connectivity index (χ0v) is 12.7. The summed E-state index contributed by atoms with van der Waals surface area (Å²) in [7, 11) is 1.70. The molecule has 0 aliphatic carbocycles. The fraction of sp³-hybridized carbons (Fsp3) is 0.267. The van der Waals surface area contributed by atoms with Crippen molar-refractivity contribution < 1.29 is 14.6 Å². The molecule has 2 aromatic rings. The smallest absolute Gasteiger partial charge is 0.414 e. The number of rotatable bonds is 5.